The fourth-order valence-electron chi connectivity index (χ4n) is 5.19. The van der Waals surface area contributed by atoms with Gasteiger partial charge in [0.15, 0.2) is 17.4 Å². The van der Waals surface area contributed by atoms with Gasteiger partial charge in [-0.05, 0) is 34.1 Å². The van der Waals surface area contributed by atoms with Gasteiger partial charge in [-0.1, -0.05) is 20.8 Å². The van der Waals surface area contributed by atoms with E-state index in [2.05, 4.69) is 36.3 Å². The number of alkyl halides is 2. The zero-order chi connectivity index (χ0) is 38.6. The maximum absolute atomic E-state index is 13.0. The maximum atomic E-state index is 13.0. The fraction of sp³-hybridized carbons (Fsp3) is 0.750. The molecule has 17 nitrogen and oxygen atoms in total. The summed E-state index contributed by atoms with van der Waals surface area (Å²) >= 11 is 0. The molecule has 0 radical (unpaired) electrons. The Morgan fingerprint density at radius 2 is 1.83 bits per heavy atom. The van der Waals surface area contributed by atoms with Crippen LogP contribution in [0.4, 0.5) is 14.7 Å². The average Bonchev–Trinajstić information content (AvgIpc) is 3.64. The molecule has 0 aromatic carbocycles. The Kier molecular flexibility index (Phi) is 16.9. The van der Waals surface area contributed by atoms with Crippen LogP contribution in [0.1, 0.15) is 74.5 Å². The number of nitrogens with one attached hydrogen (secondary N) is 3. The lowest BCUT2D eigenvalue weighted by molar-refractivity contribution is -0.144. The summed E-state index contributed by atoms with van der Waals surface area (Å²) in [6, 6.07) is 2.14. The Labute approximate surface area is 303 Å². The van der Waals surface area contributed by atoms with Gasteiger partial charge in [0.05, 0.1) is 51.3 Å². The third-order valence-corrected chi connectivity index (χ3v) is 9.81. The van der Waals surface area contributed by atoms with Crippen molar-refractivity contribution in [1.29, 1.82) is 5.26 Å². The molecule has 2 aromatic rings. The number of hydrogen-bond acceptors (Lipinski definition) is 13. The molecular formula is C32H51F2N8O9P. The van der Waals surface area contributed by atoms with Gasteiger partial charge in [-0.3, -0.25) is 29.3 Å². The van der Waals surface area contributed by atoms with Crippen LogP contribution in [0.25, 0.3) is 11.2 Å². The molecule has 1 aliphatic heterocycles. The van der Waals surface area contributed by atoms with Crippen LogP contribution in [-0.2, 0) is 37.6 Å². The normalized spacial score (nSPS) is 19.9. The van der Waals surface area contributed by atoms with Crippen LogP contribution in [0.5, 0.6) is 0 Å². The van der Waals surface area contributed by atoms with Crippen LogP contribution < -0.4 is 16.2 Å². The van der Waals surface area contributed by atoms with E-state index in [4.69, 9.17) is 28.0 Å². The van der Waals surface area contributed by atoms with Gasteiger partial charge < -0.3 is 33.3 Å². The van der Waals surface area contributed by atoms with Crippen LogP contribution in [0.2, 0.25) is 0 Å². The second kappa shape index (κ2) is 20.3. The molecule has 1 saturated heterocycles. The standard InChI is InChI=1S/C32H51F2N8O9P/c1-9-22-24(51-52(49-13-10-11-35)42(20(4)5)21(6)7)25(48-18-47-16-15-46-14-12-36-30(45)32(8,33)34)29(50-22)41-17-37-23-26(41)38-31(40-28(23)44)39-27(43)19(2)3/h17,19-22,24-25,29H,9-10,12-16,18H2,1-8H3,(H,36,45)(H2,38,39,40,43,44)/t22-,24+,25?,29-,52?/m1/s1. The van der Waals surface area contributed by atoms with Crippen LogP contribution in [0.3, 0.4) is 0 Å². The third-order valence-electron chi connectivity index (χ3n) is 7.68. The predicted octanol–water partition coefficient (Wildman–Crippen LogP) is 3.83. The number of rotatable bonds is 22. The van der Waals surface area contributed by atoms with Gasteiger partial charge >= 0.3 is 5.92 Å². The first-order valence-electron chi connectivity index (χ1n) is 17.2. The van der Waals surface area contributed by atoms with Crippen molar-refractivity contribution < 1.29 is 46.4 Å². The van der Waals surface area contributed by atoms with E-state index in [1.807, 2.05) is 34.6 Å². The van der Waals surface area contributed by atoms with Crippen LogP contribution in [-0.4, -0.2) is 112 Å². The van der Waals surface area contributed by atoms with E-state index in [9.17, 15) is 28.4 Å². The zero-order valence-electron chi connectivity index (χ0n) is 30.9. The molecule has 1 fully saturated rings. The highest BCUT2D eigenvalue weighted by Gasteiger charge is 2.49. The van der Waals surface area contributed by atoms with Gasteiger partial charge in [0, 0.05) is 31.5 Å². The van der Waals surface area contributed by atoms with Crippen molar-refractivity contribution in [1.82, 2.24) is 29.5 Å². The highest BCUT2D eigenvalue weighted by Crippen LogP contribution is 2.51. The first-order valence-corrected chi connectivity index (χ1v) is 18.3. The lowest BCUT2D eigenvalue weighted by Crippen LogP contribution is -2.40. The molecule has 5 atom stereocenters. The number of nitriles is 1. The summed E-state index contributed by atoms with van der Waals surface area (Å²) in [4.78, 5) is 48.0. The van der Waals surface area contributed by atoms with Crippen molar-refractivity contribution in [2.45, 2.75) is 111 Å². The summed E-state index contributed by atoms with van der Waals surface area (Å²) in [5, 5.41) is 13.9. The molecule has 1 aliphatic rings. The highest BCUT2D eigenvalue weighted by molar-refractivity contribution is 7.44. The van der Waals surface area contributed by atoms with E-state index in [0.29, 0.717) is 13.3 Å². The Hall–Kier alpha value is -3.21. The molecule has 3 heterocycles. The smallest absolute Gasteiger partial charge is 0.321 e. The number of ether oxygens (including phenoxy) is 4. The quantitative estimate of drug-likeness (QED) is 0.0888. The van der Waals surface area contributed by atoms with Crippen molar-refractivity contribution >= 4 is 37.5 Å². The zero-order valence-corrected chi connectivity index (χ0v) is 31.8. The topological polar surface area (TPSA) is 204 Å². The van der Waals surface area contributed by atoms with Gasteiger partial charge in [-0.15, -0.1) is 0 Å². The van der Waals surface area contributed by atoms with Crippen molar-refractivity contribution in [2.75, 3.05) is 45.1 Å². The third kappa shape index (κ3) is 11.9. The number of aromatic nitrogens is 4. The van der Waals surface area contributed by atoms with E-state index in [1.165, 1.54) is 6.33 Å². The minimum absolute atomic E-state index is 0.00430. The molecule has 0 aliphatic carbocycles. The summed E-state index contributed by atoms with van der Waals surface area (Å²) in [6.07, 6.45) is -0.994. The summed E-state index contributed by atoms with van der Waals surface area (Å²) in [6.45, 7) is 13.9. The first kappa shape index (κ1) is 43.2. The average molecular weight is 761 g/mol. The monoisotopic (exact) mass is 760 g/mol. The molecular weight excluding hydrogens is 709 g/mol. The number of aromatic amines is 1. The maximum Gasteiger partial charge on any atom is 0.321 e. The minimum atomic E-state index is -3.48. The molecule has 3 N–H and O–H groups in total. The molecule has 3 rings (SSSR count). The molecule has 2 unspecified atom stereocenters. The Morgan fingerprint density at radius 1 is 1.13 bits per heavy atom. The number of carbonyl (C=O) groups excluding carboxylic acids is 2. The number of carbonyl (C=O) groups is 2. The van der Waals surface area contributed by atoms with Gasteiger partial charge in [0.2, 0.25) is 11.9 Å². The number of fused-ring (bicyclic) bond motifs is 1. The van der Waals surface area contributed by atoms with Gasteiger partial charge in [-0.25, -0.2) is 9.65 Å². The van der Waals surface area contributed by atoms with Crippen molar-refractivity contribution in [3.05, 3.63) is 16.7 Å². The van der Waals surface area contributed by atoms with E-state index >= 15 is 0 Å². The van der Waals surface area contributed by atoms with Crippen LogP contribution in [0, 0.1) is 17.2 Å². The number of halogens is 2. The Morgan fingerprint density at radius 3 is 2.44 bits per heavy atom. The Bertz CT molecular complexity index is 1540. The number of imidazole rings is 1. The highest BCUT2D eigenvalue weighted by atomic mass is 31.2. The second-order valence-electron chi connectivity index (χ2n) is 12.9. The summed E-state index contributed by atoms with van der Waals surface area (Å²) in [5.74, 6) is -5.63. The van der Waals surface area contributed by atoms with E-state index in [0.717, 1.165) is 0 Å². The molecule has 2 aromatic heterocycles. The van der Waals surface area contributed by atoms with Crippen molar-refractivity contribution in [3.63, 3.8) is 0 Å². The van der Waals surface area contributed by atoms with Crippen LogP contribution in [0.15, 0.2) is 11.1 Å². The molecule has 0 spiro atoms. The summed E-state index contributed by atoms with van der Waals surface area (Å²) < 4.78 is 66.5. The van der Waals surface area contributed by atoms with Gasteiger partial charge in [0.25, 0.3) is 20.0 Å². The lowest BCUT2D eigenvalue weighted by Gasteiger charge is -2.38. The first-order chi connectivity index (χ1) is 24.6. The lowest BCUT2D eigenvalue weighted by atomic mass is 10.1. The van der Waals surface area contributed by atoms with Gasteiger partial charge in [0.1, 0.15) is 19.0 Å². The molecule has 52 heavy (non-hydrogen) atoms. The summed E-state index contributed by atoms with van der Waals surface area (Å²) in [5.41, 5.74) is -0.413. The Balaban J connectivity index is 1.87. The number of amides is 2. The predicted molar refractivity (Wildman–Crippen MR) is 186 cm³/mol. The van der Waals surface area contributed by atoms with Crippen molar-refractivity contribution in [2.24, 2.45) is 5.92 Å². The number of H-pyrrole nitrogens is 1. The number of anilines is 1. The fourth-order valence-corrected chi connectivity index (χ4v) is 6.96. The number of nitrogens with zero attached hydrogens (tertiary/aromatic N) is 5. The molecule has 0 saturated carbocycles. The van der Waals surface area contributed by atoms with Gasteiger partial charge in [-0.2, -0.15) is 19.0 Å². The summed E-state index contributed by atoms with van der Waals surface area (Å²) in [7, 11) is -1.72. The molecule has 2 amide bonds. The molecule has 20 heteroatoms. The largest absolute Gasteiger partial charge is 0.377 e. The van der Waals surface area contributed by atoms with E-state index < -0.39 is 50.5 Å². The van der Waals surface area contributed by atoms with Crippen LogP contribution >= 0.6 is 8.53 Å². The SMILES string of the molecule is CC[C@H]1O[C@@H](n2cnc3c(=O)[nH]c(NC(=O)C(C)C)nc32)C(OCOCCOCCNC(=O)C(C)(F)F)[C@H]1OP(OCCC#N)N(C(C)C)C(C)C. The minimum Gasteiger partial charge on any atom is -0.377 e. The molecule has 292 valence electrons. The molecule has 0 bridgehead atoms. The number of hydrogen-bond donors (Lipinski definition) is 3. The van der Waals surface area contributed by atoms with E-state index in [1.54, 1.807) is 18.4 Å². The van der Waals surface area contributed by atoms with E-state index in [-0.39, 0.29) is 87.2 Å². The second-order valence-corrected chi connectivity index (χ2v) is 14.3. The van der Waals surface area contributed by atoms with Crippen molar-refractivity contribution in [3.8, 4) is 6.07 Å².